The number of aryl methyl sites for hydroxylation is 2. The Morgan fingerprint density at radius 3 is 2.83 bits per heavy atom. The van der Waals surface area contributed by atoms with Crippen molar-refractivity contribution >= 4 is 33.7 Å². The van der Waals surface area contributed by atoms with E-state index in [9.17, 15) is 9.59 Å². The van der Waals surface area contributed by atoms with E-state index >= 15 is 0 Å². The third-order valence-corrected chi connectivity index (χ3v) is 5.38. The van der Waals surface area contributed by atoms with Crippen LogP contribution in [0.4, 0.5) is 5.69 Å². The molecule has 0 bridgehead atoms. The van der Waals surface area contributed by atoms with Crippen molar-refractivity contribution in [2.75, 3.05) is 11.9 Å². The van der Waals surface area contributed by atoms with Crippen LogP contribution in [0.2, 0.25) is 0 Å². The van der Waals surface area contributed by atoms with Crippen LogP contribution >= 0.6 is 11.3 Å². The summed E-state index contributed by atoms with van der Waals surface area (Å²) in [6.45, 7) is 3.75. The Hall–Kier alpha value is -3.53. The van der Waals surface area contributed by atoms with E-state index in [4.69, 9.17) is 4.74 Å². The number of esters is 1. The highest BCUT2D eigenvalue weighted by molar-refractivity contribution is 7.21. The fourth-order valence-electron chi connectivity index (χ4n) is 2.78. The van der Waals surface area contributed by atoms with Crippen molar-refractivity contribution in [2.24, 2.45) is 7.05 Å². The predicted octanol–water partition coefficient (Wildman–Crippen LogP) is 3.17. The van der Waals surface area contributed by atoms with Crippen LogP contribution in [0.25, 0.3) is 15.4 Å². The molecule has 0 aromatic carbocycles. The normalized spacial score (nSPS) is 11.0. The van der Waals surface area contributed by atoms with E-state index < -0.39 is 5.97 Å². The van der Waals surface area contributed by atoms with Crippen molar-refractivity contribution in [1.82, 2.24) is 24.1 Å². The number of pyridine rings is 1. The zero-order valence-electron chi connectivity index (χ0n) is 16.0. The lowest BCUT2D eigenvalue weighted by molar-refractivity contribution is 0.0525. The van der Waals surface area contributed by atoms with Gasteiger partial charge >= 0.3 is 5.97 Å². The molecule has 1 N–H and O–H groups in total. The molecule has 0 aliphatic carbocycles. The molecule has 0 atom stereocenters. The second-order valence-electron chi connectivity index (χ2n) is 6.36. The Balaban J connectivity index is 0.00000256. The zero-order chi connectivity index (χ0) is 20.5. The Bertz CT molecular complexity index is 1230. The summed E-state index contributed by atoms with van der Waals surface area (Å²) in [6.07, 6.45) is 8.41. The molecule has 0 saturated heterocycles. The largest absolute Gasteiger partial charge is 0.462 e. The minimum atomic E-state index is -0.485. The van der Waals surface area contributed by atoms with Crippen LogP contribution in [0.1, 0.15) is 34.8 Å². The molecule has 150 valence electrons. The number of fused-ring (bicyclic) bond motifs is 1. The van der Waals surface area contributed by atoms with Gasteiger partial charge in [0.25, 0.3) is 5.91 Å². The smallest absolute Gasteiger partial charge is 0.339 e. The molecular weight excluding hydrogens is 392 g/mol. The second kappa shape index (κ2) is 7.47. The third-order valence-electron chi connectivity index (χ3n) is 4.24. The molecule has 4 heterocycles. The Kier molecular flexibility index (Phi) is 4.85. The topological polar surface area (TPSA) is 103 Å². The number of carbonyl (C=O) groups excluding carboxylic acids is 2. The number of anilines is 1. The van der Waals surface area contributed by atoms with E-state index in [0.29, 0.717) is 21.8 Å². The van der Waals surface area contributed by atoms with Crippen LogP contribution in [-0.2, 0) is 11.8 Å². The molecule has 0 unspecified atom stereocenters. The first-order valence-corrected chi connectivity index (χ1v) is 9.68. The van der Waals surface area contributed by atoms with Crippen molar-refractivity contribution in [3.8, 4) is 10.6 Å². The Morgan fingerprint density at radius 2 is 2.10 bits per heavy atom. The number of nitrogens with zero attached hydrogens (tertiary/aromatic N) is 5. The molecule has 10 heteroatoms. The summed E-state index contributed by atoms with van der Waals surface area (Å²) >= 11 is 1.43. The van der Waals surface area contributed by atoms with Gasteiger partial charge in [-0.15, -0.1) is 11.3 Å². The fourth-order valence-corrected chi connectivity index (χ4v) is 3.80. The quantitative estimate of drug-likeness (QED) is 0.505. The molecule has 0 spiro atoms. The maximum Gasteiger partial charge on any atom is 0.339 e. The summed E-state index contributed by atoms with van der Waals surface area (Å²) in [7, 11) is 1.90. The number of imidazole rings is 1. The van der Waals surface area contributed by atoms with Gasteiger partial charge in [0, 0.05) is 27.1 Å². The first kappa shape index (κ1) is 18.8. The molecule has 0 aliphatic rings. The lowest BCUT2D eigenvalue weighted by Gasteiger charge is -2.09. The van der Waals surface area contributed by atoms with E-state index in [-0.39, 0.29) is 19.5 Å². The summed E-state index contributed by atoms with van der Waals surface area (Å²) in [4.78, 5) is 34.9. The number of rotatable bonds is 5. The molecule has 29 heavy (non-hydrogen) atoms. The molecule has 0 aliphatic heterocycles. The minimum absolute atomic E-state index is 0. The van der Waals surface area contributed by atoms with E-state index in [1.807, 2.05) is 24.0 Å². The van der Waals surface area contributed by atoms with Crippen LogP contribution in [0.3, 0.4) is 0 Å². The van der Waals surface area contributed by atoms with Gasteiger partial charge in [0.05, 0.1) is 52.2 Å². The number of thiazole rings is 1. The summed E-state index contributed by atoms with van der Waals surface area (Å²) in [6, 6.07) is 1.56. The number of aromatic nitrogens is 5. The van der Waals surface area contributed by atoms with E-state index in [0.717, 1.165) is 10.6 Å². The number of hydrogen-bond donors (Lipinski definition) is 1. The van der Waals surface area contributed by atoms with Gasteiger partial charge in [-0.3, -0.25) is 9.78 Å². The molecule has 4 aromatic rings. The van der Waals surface area contributed by atoms with Gasteiger partial charge < -0.3 is 14.6 Å². The molecule has 1 amide bonds. The highest BCUT2D eigenvalue weighted by Crippen LogP contribution is 2.29. The van der Waals surface area contributed by atoms with Crippen molar-refractivity contribution in [1.29, 1.82) is 0 Å². The average molecular weight is 412 g/mol. The summed E-state index contributed by atoms with van der Waals surface area (Å²) < 4.78 is 8.51. The van der Waals surface area contributed by atoms with E-state index in [2.05, 4.69) is 20.4 Å². The van der Waals surface area contributed by atoms with Crippen molar-refractivity contribution in [3.05, 3.63) is 54.0 Å². The minimum Gasteiger partial charge on any atom is -0.462 e. The molecule has 4 rings (SSSR count). The number of carbonyl (C=O) groups is 2. The summed E-state index contributed by atoms with van der Waals surface area (Å²) in [5.41, 5.74) is 2.56. The maximum absolute atomic E-state index is 12.9. The van der Waals surface area contributed by atoms with Gasteiger partial charge in [0.1, 0.15) is 4.83 Å². The van der Waals surface area contributed by atoms with Crippen LogP contribution in [0.5, 0.6) is 0 Å². The second-order valence-corrected chi connectivity index (χ2v) is 7.39. The number of nitrogens with one attached hydrogen (secondary N) is 1. The van der Waals surface area contributed by atoms with Gasteiger partial charge in [-0.25, -0.2) is 14.3 Å². The summed E-state index contributed by atoms with van der Waals surface area (Å²) in [5, 5.41) is 7.09. The van der Waals surface area contributed by atoms with Crippen molar-refractivity contribution in [3.63, 3.8) is 0 Å². The van der Waals surface area contributed by atoms with Gasteiger partial charge in [-0.2, -0.15) is 5.10 Å². The van der Waals surface area contributed by atoms with Crippen LogP contribution in [0, 0.1) is 6.92 Å². The lowest BCUT2D eigenvalue weighted by atomic mass is 10.2. The summed E-state index contributed by atoms with van der Waals surface area (Å²) in [5.74, 6) is -0.818. The molecule has 0 saturated carbocycles. The first-order chi connectivity index (χ1) is 14.0. The monoisotopic (exact) mass is 412 g/mol. The Morgan fingerprint density at radius 1 is 1.28 bits per heavy atom. The van der Waals surface area contributed by atoms with E-state index in [1.165, 1.54) is 23.7 Å². The van der Waals surface area contributed by atoms with Crippen LogP contribution in [-0.4, -0.2) is 42.6 Å². The number of ether oxygens (including phenoxy) is 1. The standard InChI is InChI=1S/C19H18N6O3S.H2/c1-4-28-19(27)12-5-14(11(2)20-6-12)23-17(26)13-7-22-25-9-16(29-18(13)25)15-8-24(3)10-21-15;/h5-10H,4H2,1-3H3,(H,23,26);1H. The highest BCUT2D eigenvalue weighted by Gasteiger charge is 2.19. The van der Waals surface area contributed by atoms with Crippen molar-refractivity contribution < 1.29 is 15.8 Å². The highest BCUT2D eigenvalue weighted by atomic mass is 32.1. The molecular formula is C19H20N6O3S. The average Bonchev–Trinajstić information content (AvgIpc) is 3.38. The van der Waals surface area contributed by atoms with Crippen LogP contribution in [0.15, 0.2) is 37.2 Å². The SMILES string of the molecule is CCOC(=O)c1cnc(C)c(NC(=O)c2cnn3cc(-c4cn(C)cn4)sc23)c1.[HH]. The number of hydrogen-bond acceptors (Lipinski definition) is 7. The molecule has 4 aromatic heterocycles. The van der Waals surface area contributed by atoms with E-state index in [1.54, 1.807) is 30.8 Å². The third kappa shape index (κ3) is 3.61. The van der Waals surface area contributed by atoms with Gasteiger partial charge in [-0.05, 0) is 19.9 Å². The first-order valence-electron chi connectivity index (χ1n) is 8.87. The van der Waals surface area contributed by atoms with Gasteiger partial charge in [-0.1, -0.05) is 0 Å². The lowest BCUT2D eigenvalue weighted by Crippen LogP contribution is -2.14. The maximum atomic E-state index is 12.9. The van der Waals surface area contributed by atoms with Gasteiger partial charge in [0.15, 0.2) is 0 Å². The number of amides is 1. The van der Waals surface area contributed by atoms with Crippen molar-refractivity contribution in [2.45, 2.75) is 13.8 Å². The Labute approximate surface area is 171 Å². The van der Waals surface area contributed by atoms with Crippen LogP contribution < -0.4 is 5.32 Å². The fraction of sp³-hybridized carbons (Fsp3) is 0.211. The molecule has 0 fully saturated rings. The molecule has 9 nitrogen and oxygen atoms in total. The van der Waals surface area contributed by atoms with Gasteiger partial charge in [0.2, 0.25) is 0 Å². The zero-order valence-corrected chi connectivity index (χ0v) is 16.9. The predicted molar refractivity (Wildman–Crippen MR) is 110 cm³/mol. The molecule has 0 radical (unpaired) electrons.